The minimum atomic E-state index is -3.42. The van der Waals surface area contributed by atoms with Crippen molar-refractivity contribution in [2.45, 2.75) is 18.4 Å². The van der Waals surface area contributed by atoms with Crippen LogP contribution in [0.1, 0.15) is 21.7 Å². The molecule has 0 aliphatic carbocycles. The molecule has 3 aromatic carbocycles. The molecule has 8 nitrogen and oxygen atoms in total. The Labute approximate surface area is 203 Å². The van der Waals surface area contributed by atoms with Crippen LogP contribution in [0.3, 0.4) is 0 Å². The molecule has 4 aromatic rings. The predicted octanol–water partition coefficient (Wildman–Crippen LogP) is 3.99. The summed E-state index contributed by atoms with van der Waals surface area (Å²) >= 11 is 0. The average Bonchev–Trinajstić information content (AvgIpc) is 3.08. The van der Waals surface area contributed by atoms with E-state index in [-0.39, 0.29) is 16.6 Å². The van der Waals surface area contributed by atoms with Crippen molar-refractivity contribution in [3.63, 3.8) is 0 Å². The van der Waals surface area contributed by atoms with Gasteiger partial charge >= 0.3 is 0 Å². The first-order chi connectivity index (χ1) is 16.7. The molecule has 0 saturated carbocycles. The molecule has 0 atom stereocenters. The fourth-order valence-electron chi connectivity index (χ4n) is 4.31. The number of sulfone groups is 1. The van der Waals surface area contributed by atoms with E-state index < -0.39 is 9.84 Å². The second kappa shape index (κ2) is 8.74. The molecule has 0 unspecified atom stereocenters. The molecule has 9 heteroatoms. The highest BCUT2D eigenvalue weighted by Gasteiger charge is 2.25. The van der Waals surface area contributed by atoms with Gasteiger partial charge in [0.2, 0.25) is 0 Å². The molecular weight excluding hydrogens is 466 g/mol. The number of nitrogens with zero attached hydrogens (tertiary/aromatic N) is 2. The lowest BCUT2D eigenvalue weighted by Crippen LogP contribution is -2.32. The van der Waals surface area contributed by atoms with Crippen LogP contribution >= 0.6 is 0 Å². The van der Waals surface area contributed by atoms with Crippen LogP contribution in [0.15, 0.2) is 59.5 Å². The maximum absolute atomic E-state index is 13.4. The Bertz CT molecular complexity index is 1560. The van der Waals surface area contributed by atoms with Gasteiger partial charge in [0.05, 0.1) is 35.1 Å². The van der Waals surface area contributed by atoms with Gasteiger partial charge in [0.25, 0.3) is 5.91 Å². The van der Waals surface area contributed by atoms with Crippen molar-refractivity contribution in [1.82, 2.24) is 14.9 Å². The molecule has 0 fully saturated rings. The van der Waals surface area contributed by atoms with Gasteiger partial charge < -0.3 is 19.4 Å². The van der Waals surface area contributed by atoms with Gasteiger partial charge in [0.1, 0.15) is 23.9 Å². The summed E-state index contributed by atoms with van der Waals surface area (Å²) in [6, 6.07) is 16.4. The number of amides is 1. The molecule has 1 N–H and O–H groups in total. The maximum Gasteiger partial charge on any atom is 0.258 e. The van der Waals surface area contributed by atoms with Crippen LogP contribution in [0.25, 0.3) is 22.2 Å². The number of aryl methyl sites for hydroxylation is 1. The first-order valence-electron chi connectivity index (χ1n) is 11.1. The number of aromatic amines is 1. The van der Waals surface area contributed by atoms with E-state index >= 15 is 0 Å². The Morgan fingerprint density at radius 2 is 1.86 bits per heavy atom. The Morgan fingerprint density at radius 3 is 2.63 bits per heavy atom. The van der Waals surface area contributed by atoms with Gasteiger partial charge in [-0.25, -0.2) is 13.4 Å². The van der Waals surface area contributed by atoms with E-state index in [2.05, 4.69) is 16.0 Å². The predicted molar refractivity (Wildman–Crippen MR) is 133 cm³/mol. The van der Waals surface area contributed by atoms with Crippen LogP contribution in [0.4, 0.5) is 0 Å². The van der Waals surface area contributed by atoms with Crippen molar-refractivity contribution in [2.24, 2.45) is 0 Å². The van der Waals surface area contributed by atoms with Crippen LogP contribution in [-0.4, -0.2) is 55.7 Å². The Balaban J connectivity index is 1.46. The summed E-state index contributed by atoms with van der Waals surface area (Å²) < 4.78 is 35.1. The number of ether oxygens (including phenoxy) is 2. The fourth-order valence-corrected chi connectivity index (χ4v) is 4.95. The van der Waals surface area contributed by atoms with Crippen molar-refractivity contribution < 1.29 is 22.7 Å². The summed E-state index contributed by atoms with van der Waals surface area (Å²) in [6.45, 7) is 3.01. The Kier molecular flexibility index (Phi) is 5.72. The monoisotopic (exact) mass is 491 g/mol. The normalized spacial score (nSPS) is 13.7. The minimum Gasteiger partial charge on any atom is -0.496 e. The Morgan fingerprint density at radius 1 is 1.09 bits per heavy atom. The lowest BCUT2D eigenvalue weighted by Gasteiger charge is -2.21. The topological polar surface area (TPSA) is 102 Å². The lowest BCUT2D eigenvalue weighted by molar-refractivity contribution is 0.0729. The van der Waals surface area contributed by atoms with Crippen LogP contribution in [0.2, 0.25) is 0 Å². The van der Waals surface area contributed by atoms with Gasteiger partial charge in [-0.3, -0.25) is 4.79 Å². The first kappa shape index (κ1) is 22.9. The standard InChI is InChI=1S/C26H25N3O5S/c1-16-27-22-8-4-18(13-23(22)28-16)17-5-9-24-19(12-17)15-29(10-11-34-24)26(30)21-7-6-20(35(3,31)32)14-25(21)33-2/h4-9,12-14H,10-11,15H2,1-3H3,(H,27,28). The highest BCUT2D eigenvalue weighted by Crippen LogP contribution is 2.32. The first-order valence-corrected chi connectivity index (χ1v) is 13.0. The summed E-state index contributed by atoms with van der Waals surface area (Å²) in [5.41, 5.74) is 5.11. The molecule has 5 rings (SSSR count). The van der Waals surface area contributed by atoms with Crippen LogP contribution in [0, 0.1) is 6.92 Å². The van der Waals surface area contributed by atoms with E-state index in [1.54, 1.807) is 4.90 Å². The van der Waals surface area contributed by atoms with Crippen molar-refractivity contribution in [3.05, 3.63) is 71.5 Å². The van der Waals surface area contributed by atoms with Crippen LogP contribution in [-0.2, 0) is 16.4 Å². The zero-order valence-corrected chi connectivity index (χ0v) is 20.5. The number of hydrogen-bond acceptors (Lipinski definition) is 6. The van der Waals surface area contributed by atoms with Crippen molar-refractivity contribution >= 4 is 26.8 Å². The zero-order chi connectivity index (χ0) is 24.7. The number of benzene rings is 3. The van der Waals surface area contributed by atoms with Gasteiger partial charge in [-0.05, 0) is 60.5 Å². The summed E-state index contributed by atoms with van der Waals surface area (Å²) in [4.78, 5) is 23.0. The van der Waals surface area contributed by atoms with Gasteiger partial charge in [-0.1, -0.05) is 12.1 Å². The van der Waals surface area contributed by atoms with E-state index in [0.29, 0.717) is 25.3 Å². The smallest absolute Gasteiger partial charge is 0.258 e. The quantitative estimate of drug-likeness (QED) is 0.463. The van der Waals surface area contributed by atoms with Gasteiger partial charge in [0.15, 0.2) is 9.84 Å². The number of H-pyrrole nitrogens is 1. The third-order valence-corrected chi connectivity index (χ3v) is 7.20. The van der Waals surface area contributed by atoms with Crippen molar-refractivity contribution in [1.29, 1.82) is 0 Å². The van der Waals surface area contributed by atoms with E-state index in [1.807, 2.05) is 37.3 Å². The molecule has 35 heavy (non-hydrogen) atoms. The molecule has 0 bridgehead atoms. The van der Waals surface area contributed by atoms with E-state index in [9.17, 15) is 13.2 Å². The highest BCUT2D eigenvalue weighted by atomic mass is 32.2. The van der Waals surface area contributed by atoms with Crippen molar-refractivity contribution in [2.75, 3.05) is 26.5 Å². The van der Waals surface area contributed by atoms with Crippen molar-refractivity contribution in [3.8, 4) is 22.6 Å². The lowest BCUT2D eigenvalue weighted by atomic mass is 10.0. The molecule has 0 saturated heterocycles. The molecule has 1 aliphatic rings. The number of carbonyl (C=O) groups excluding carboxylic acids is 1. The average molecular weight is 492 g/mol. The molecule has 180 valence electrons. The summed E-state index contributed by atoms with van der Waals surface area (Å²) in [5.74, 6) is 1.57. The van der Waals surface area contributed by atoms with Gasteiger partial charge in [0, 0.05) is 18.4 Å². The number of aromatic nitrogens is 2. The number of rotatable bonds is 4. The maximum atomic E-state index is 13.4. The second-order valence-electron chi connectivity index (χ2n) is 8.59. The second-order valence-corrected chi connectivity index (χ2v) is 10.6. The Hall–Kier alpha value is -3.85. The number of fused-ring (bicyclic) bond motifs is 2. The number of imidazole rings is 1. The SMILES string of the molecule is COc1cc(S(C)(=O)=O)ccc1C(=O)N1CCOc2ccc(-c3ccc4nc(C)[nH]c4c3)cc2C1. The molecule has 1 amide bonds. The molecule has 1 aromatic heterocycles. The highest BCUT2D eigenvalue weighted by molar-refractivity contribution is 7.90. The minimum absolute atomic E-state index is 0.101. The van der Waals surface area contributed by atoms with Gasteiger partial charge in [-0.2, -0.15) is 0 Å². The van der Waals surface area contributed by atoms with Crippen LogP contribution in [0.5, 0.6) is 11.5 Å². The number of hydrogen-bond donors (Lipinski definition) is 1. The third kappa shape index (κ3) is 4.46. The number of methoxy groups -OCH3 is 1. The number of carbonyl (C=O) groups is 1. The fraction of sp³-hybridized carbons (Fsp3) is 0.231. The number of nitrogens with one attached hydrogen (secondary N) is 1. The van der Waals surface area contributed by atoms with Gasteiger partial charge in [-0.15, -0.1) is 0 Å². The molecule has 0 spiro atoms. The third-order valence-electron chi connectivity index (χ3n) is 6.09. The summed E-state index contributed by atoms with van der Waals surface area (Å²) in [5, 5.41) is 0. The van der Waals surface area contributed by atoms with Crippen LogP contribution < -0.4 is 9.47 Å². The summed E-state index contributed by atoms with van der Waals surface area (Å²) in [6.07, 6.45) is 1.12. The van der Waals surface area contributed by atoms with E-state index in [0.717, 1.165) is 45.6 Å². The molecular formula is C26H25N3O5S. The van der Waals surface area contributed by atoms with E-state index in [4.69, 9.17) is 9.47 Å². The largest absolute Gasteiger partial charge is 0.496 e. The summed E-state index contributed by atoms with van der Waals surface area (Å²) in [7, 11) is -2.00. The molecule has 0 radical (unpaired) electrons. The molecule has 2 heterocycles. The van der Waals surface area contributed by atoms with E-state index in [1.165, 1.54) is 25.3 Å². The molecule has 1 aliphatic heterocycles. The zero-order valence-electron chi connectivity index (χ0n) is 19.7.